The van der Waals surface area contributed by atoms with Crippen molar-refractivity contribution in [2.45, 2.75) is 32.7 Å². The molecule has 4 rings (SSSR count). The number of anilines is 1. The average molecular weight is 370 g/mol. The van der Waals surface area contributed by atoms with Crippen molar-refractivity contribution in [2.75, 3.05) is 11.9 Å². The molecule has 0 N–H and O–H groups in total. The van der Waals surface area contributed by atoms with E-state index in [0.29, 0.717) is 11.6 Å². The standard InChI is InChI=1S/C23H22N4O/c1-16-6-9-20(13-19(16)10-8-18-5-4-12-24-14-18)23(28)26(3)22-21-11-7-17(2)27(21)15-25-22/h4-6,9,12-15,17H,7,11H2,1-3H3. The number of carbonyl (C=O) groups excluding carboxylic acids is 1. The number of amides is 1. The first-order chi connectivity index (χ1) is 13.5. The van der Waals surface area contributed by atoms with Crippen LogP contribution in [0, 0.1) is 18.8 Å². The molecule has 3 heterocycles. The maximum Gasteiger partial charge on any atom is 0.259 e. The van der Waals surface area contributed by atoms with Crippen molar-refractivity contribution in [3.63, 3.8) is 0 Å². The van der Waals surface area contributed by atoms with Gasteiger partial charge in [0.1, 0.15) is 0 Å². The van der Waals surface area contributed by atoms with Crippen LogP contribution in [0.5, 0.6) is 0 Å². The summed E-state index contributed by atoms with van der Waals surface area (Å²) in [4.78, 5) is 23.3. The number of benzene rings is 1. The molecule has 0 spiro atoms. The van der Waals surface area contributed by atoms with E-state index >= 15 is 0 Å². The van der Waals surface area contributed by atoms with Crippen LogP contribution < -0.4 is 4.90 Å². The summed E-state index contributed by atoms with van der Waals surface area (Å²) in [5.74, 6) is 6.95. The van der Waals surface area contributed by atoms with E-state index in [-0.39, 0.29) is 5.91 Å². The lowest BCUT2D eigenvalue weighted by molar-refractivity contribution is 0.0992. The van der Waals surface area contributed by atoms with Gasteiger partial charge in [0.05, 0.1) is 12.0 Å². The first kappa shape index (κ1) is 18.0. The maximum atomic E-state index is 13.1. The summed E-state index contributed by atoms with van der Waals surface area (Å²) in [6.45, 7) is 4.17. The molecule has 1 atom stereocenters. The van der Waals surface area contributed by atoms with Crippen LogP contribution in [0.4, 0.5) is 5.82 Å². The molecule has 1 amide bonds. The van der Waals surface area contributed by atoms with Gasteiger partial charge in [-0.15, -0.1) is 0 Å². The van der Waals surface area contributed by atoms with E-state index in [2.05, 4.69) is 33.3 Å². The quantitative estimate of drug-likeness (QED) is 0.645. The van der Waals surface area contributed by atoms with Gasteiger partial charge in [0.2, 0.25) is 0 Å². The second kappa shape index (κ2) is 7.32. The molecule has 0 saturated heterocycles. The number of imidazole rings is 1. The van der Waals surface area contributed by atoms with Crippen LogP contribution in [0.15, 0.2) is 49.1 Å². The lowest BCUT2D eigenvalue weighted by Crippen LogP contribution is -2.27. The van der Waals surface area contributed by atoms with Crippen LogP contribution in [-0.2, 0) is 6.42 Å². The van der Waals surface area contributed by atoms with Crippen molar-refractivity contribution in [1.82, 2.24) is 14.5 Å². The fourth-order valence-electron chi connectivity index (χ4n) is 3.52. The highest BCUT2D eigenvalue weighted by Gasteiger charge is 2.26. The smallest absolute Gasteiger partial charge is 0.259 e. The minimum absolute atomic E-state index is 0.0783. The van der Waals surface area contributed by atoms with Gasteiger partial charge in [-0.3, -0.25) is 14.7 Å². The Morgan fingerprint density at radius 1 is 1.29 bits per heavy atom. The zero-order valence-corrected chi connectivity index (χ0v) is 16.3. The number of pyridine rings is 1. The zero-order valence-electron chi connectivity index (χ0n) is 16.3. The van der Waals surface area contributed by atoms with Gasteiger partial charge in [0, 0.05) is 42.2 Å². The number of hydrogen-bond acceptors (Lipinski definition) is 3. The van der Waals surface area contributed by atoms with Crippen molar-refractivity contribution in [3.8, 4) is 11.8 Å². The maximum absolute atomic E-state index is 13.1. The Labute approximate surface area is 165 Å². The lowest BCUT2D eigenvalue weighted by Gasteiger charge is -2.16. The third-order valence-electron chi connectivity index (χ3n) is 5.26. The topological polar surface area (TPSA) is 51.0 Å². The number of aryl methyl sites for hydroxylation is 1. The molecule has 1 unspecified atom stereocenters. The SMILES string of the molecule is Cc1ccc(C(=O)N(C)c2ncn3c2CCC3C)cc1C#Cc1cccnc1. The summed E-state index contributed by atoms with van der Waals surface area (Å²) in [5, 5.41) is 0. The van der Waals surface area contributed by atoms with E-state index in [0.717, 1.165) is 41.0 Å². The van der Waals surface area contributed by atoms with Crippen molar-refractivity contribution < 1.29 is 4.79 Å². The summed E-state index contributed by atoms with van der Waals surface area (Å²) in [6.07, 6.45) is 7.33. The summed E-state index contributed by atoms with van der Waals surface area (Å²) in [7, 11) is 1.79. The molecule has 5 nitrogen and oxygen atoms in total. The molecule has 1 aliphatic heterocycles. The highest BCUT2D eigenvalue weighted by atomic mass is 16.2. The van der Waals surface area contributed by atoms with E-state index in [1.165, 1.54) is 0 Å². The van der Waals surface area contributed by atoms with Gasteiger partial charge >= 0.3 is 0 Å². The third kappa shape index (κ3) is 3.29. The molecule has 0 saturated carbocycles. The minimum Gasteiger partial charge on any atom is -0.330 e. The van der Waals surface area contributed by atoms with Gasteiger partial charge in [-0.25, -0.2) is 4.98 Å². The largest absolute Gasteiger partial charge is 0.330 e. The summed E-state index contributed by atoms with van der Waals surface area (Å²) in [6, 6.07) is 9.86. The first-order valence-corrected chi connectivity index (χ1v) is 9.41. The van der Waals surface area contributed by atoms with E-state index in [4.69, 9.17) is 0 Å². The molecule has 0 bridgehead atoms. The monoisotopic (exact) mass is 370 g/mol. The van der Waals surface area contributed by atoms with Crippen LogP contribution in [0.2, 0.25) is 0 Å². The number of aromatic nitrogens is 3. The van der Waals surface area contributed by atoms with Crippen LogP contribution >= 0.6 is 0 Å². The highest BCUT2D eigenvalue weighted by molar-refractivity contribution is 6.05. The van der Waals surface area contributed by atoms with Gasteiger partial charge in [-0.05, 0) is 56.5 Å². The Bertz CT molecular complexity index is 1090. The number of carbonyl (C=O) groups is 1. The Balaban J connectivity index is 1.62. The van der Waals surface area contributed by atoms with Crippen LogP contribution in [0.3, 0.4) is 0 Å². The molecule has 140 valence electrons. The molecule has 0 aliphatic carbocycles. The summed E-state index contributed by atoms with van der Waals surface area (Å²) in [5.41, 5.74) is 4.46. The normalized spacial score (nSPS) is 14.9. The van der Waals surface area contributed by atoms with Crippen molar-refractivity contribution >= 4 is 11.7 Å². The van der Waals surface area contributed by atoms with Gasteiger partial charge in [0.25, 0.3) is 5.91 Å². The van der Waals surface area contributed by atoms with Gasteiger partial charge in [-0.2, -0.15) is 0 Å². The number of nitrogens with zero attached hydrogens (tertiary/aromatic N) is 4. The predicted octanol–water partition coefficient (Wildman–Crippen LogP) is 3.77. The molecule has 5 heteroatoms. The number of fused-ring (bicyclic) bond motifs is 1. The molecule has 1 aliphatic rings. The fourth-order valence-corrected chi connectivity index (χ4v) is 3.52. The second-order valence-corrected chi connectivity index (χ2v) is 7.20. The first-order valence-electron chi connectivity index (χ1n) is 9.41. The molecule has 1 aromatic carbocycles. The van der Waals surface area contributed by atoms with Crippen LogP contribution in [0.25, 0.3) is 0 Å². The summed E-state index contributed by atoms with van der Waals surface area (Å²) < 4.78 is 2.17. The second-order valence-electron chi connectivity index (χ2n) is 7.20. The Kier molecular flexibility index (Phi) is 4.70. The summed E-state index contributed by atoms with van der Waals surface area (Å²) >= 11 is 0. The van der Waals surface area contributed by atoms with Crippen LogP contribution in [-0.4, -0.2) is 27.5 Å². The highest BCUT2D eigenvalue weighted by Crippen LogP contribution is 2.31. The molecule has 2 aromatic heterocycles. The van der Waals surface area contributed by atoms with E-state index in [1.807, 2.05) is 43.6 Å². The third-order valence-corrected chi connectivity index (χ3v) is 5.26. The van der Waals surface area contributed by atoms with E-state index in [9.17, 15) is 4.79 Å². The zero-order chi connectivity index (χ0) is 19.7. The molecule has 28 heavy (non-hydrogen) atoms. The molecule has 3 aromatic rings. The van der Waals surface area contributed by atoms with E-state index < -0.39 is 0 Å². The number of hydrogen-bond donors (Lipinski definition) is 0. The average Bonchev–Trinajstić information content (AvgIpc) is 3.30. The Hall–Kier alpha value is -3.39. The van der Waals surface area contributed by atoms with Crippen molar-refractivity contribution in [3.05, 3.63) is 77.0 Å². The molecular weight excluding hydrogens is 348 g/mol. The van der Waals surface area contributed by atoms with Crippen molar-refractivity contribution in [2.24, 2.45) is 0 Å². The van der Waals surface area contributed by atoms with Crippen LogP contribution in [0.1, 0.15) is 52.1 Å². The Morgan fingerprint density at radius 2 is 2.14 bits per heavy atom. The number of rotatable bonds is 2. The minimum atomic E-state index is -0.0783. The van der Waals surface area contributed by atoms with Gasteiger partial charge in [-0.1, -0.05) is 17.9 Å². The fraction of sp³-hybridized carbons (Fsp3) is 0.261. The lowest BCUT2D eigenvalue weighted by atomic mass is 10.0. The molecule has 0 radical (unpaired) electrons. The predicted molar refractivity (Wildman–Crippen MR) is 109 cm³/mol. The van der Waals surface area contributed by atoms with Crippen molar-refractivity contribution in [1.29, 1.82) is 0 Å². The molecule has 0 fully saturated rings. The van der Waals surface area contributed by atoms with E-state index in [1.54, 1.807) is 24.3 Å². The van der Waals surface area contributed by atoms with Gasteiger partial charge in [0.15, 0.2) is 5.82 Å². The molecular formula is C23H22N4O. The Morgan fingerprint density at radius 3 is 2.93 bits per heavy atom. The van der Waals surface area contributed by atoms with Gasteiger partial charge < -0.3 is 4.57 Å².